The molecule has 78 heavy (non-hydrogen) atoms. The minimum absolute atomic E-state index is 0.474. The van der Waals surface area contributed by atoms with Gasteiger partial charge in [-0.3, -0.25) is 0 Å². The zero-order valence-corrected chi connectivity index (χ0v) is 43.2. The molecule has 0 aliphatic rings. The van der Waals surface area contributed by atoms with Crippen molar-refractivity contribution in [2.45, 2.75) is 0 Å². The van der Waals surface area contributed by atoms with Crippen molar-refractivity contribution in [3.8, 4) is 39.7 Å². The van der Waals surface area contributed by atoms with Gasteiger partial charge >= 0.3 is 0 Å². The maximum absolute atomic E-state index is 12.8. The van der Waals surface area contributed by atoms with Crippen LogP contribution in [-0.4, -0.2) is 9.13 Å². The summed E-state index contributed by atoms with van der Waals surface area (Å²) >= 11 is 3.57. The molecule has 0 bridgehead atoms. The van der Waals surface area contributed by atoms with E-state index in [1.165, 1.54) is 20.2 Å². The lowest BCUT2D eigenvalue weighted by atomic mass is 9.87. The van der Waals surface area contributed by atoms with Crippen molar-refractivity contribution in [1.29, 1.82) is 5.26 Å². The second-order valence-corrected chi connectivity index (χ2v) is 22.5. The molecule has 0 saturated carbocycles. The quantitative estimate of drug-likeness (QED) is 0.128. The summed E-state index contributed by atoms with van der Waals surface area (Å²) in [6, 6.07) is 85.7. The molecule has 13 aromatic carbocycles. The Hall–Kier alpha value is -10.1. The van der Waals surface area contributed by atoms with E-state index in [0.717, 1.165) is 118 Å². The lowest BCUT2D eigenvalue weighted by Crippen LogP contribution is -2.09. The van der Waals surface area contributed by atoms with Gasteiger partial charge in [-0.2, -0.15) is 5.26 Å². The molecule has 6 heteroatoms. The number of rotatable bonds is 4. The summed E-state index contributed by atoms with van der Waals surface area (Å²) in [5.41, 5.74) is 9.40. The van der Waals surface area contributed by atoms with Crippen LogP contribution in [0.3, 0.4) is 0 Å². The van der Waals surface area contributed by atoms with Gasteiger partial charge in [0.15, 0.2) is 0 Å². The average Bonchev–Trinajstić information content (AvgIpc) is 4.35. The van der Waals surface area contributed by atoms with Crippen LogP contribution in [0.25, 0.3) is 166 Å². The summed E-state index contributed by atoms with van der Waals surface area (Å²) in [5.74, 6) is 0. The highest BCUT2D eigenvalue weighted by atomic mass is 32.1. The van der Waals surface area contributed by atoms with Gasteiger partial charge in [0.05, 0.1) is 55.0 Å². The Morgan fingerprint density at radius 3 is 1.18 bits per heavy atom. The number of aromatic nitrogens is 2. The first kappa shape index (κ1) is 43.2. The second-order valence-electron chi connectivity index (χ2n) is 20.4. The van der Waals surface area contributed by atoms with Crippen molar-refractivity contribution in [2.75, 3.05) is 0 Å². The van der Waals surface area contributed by atoms with Crippen molar-refractivity contribution in [3.63, 3.8) is 0 Å². The summed E-state index contributed by atoms with van der Waals surface area (Å²) in [7, 11) is 0. The van der Waals surface area contributed by atoms with Gasteiger partial charge in [-0.05, 0) is 90.6 Å². The number of hydrogen-bond donors (Lipinski definition) is 0. The first-order chi connectivity index (χ1) is 38.6. The van der Waals surface area contributed by atoms with E-state index >= 15 is 0 Å². The van der Waals surface area contributed by atoms with Crippen LogP contribution in [0.15, 0.2) is 231 Å². The van der Waals surface area contributed by atoms with Crippen molar-refractivity contribution < 1.29 is 0 Å². The topological polar surface area (TPSA) is 38.0 Å². The Morgan fingerprint density at radius 2 is 0.731 bits per heavy atom. The Labute approximate surface area is 454 Å². The van der Waals surface area contributed by atoms with Gasteiger partial charge in [0.25, 0.3) is 0 Å². The Bertz CT molecular complexity index is 5280. The highest BCUT2D eigenvalue weighted by Crippen LogP contribution is 2.55. The molecule has 0 aliphatic carbocycles. The molecule has 17 aromatic rings. The van der Waals surface area contributed by atoms with Crippen molar-refractivity contribution in [1.82, 2.24) is 9.13 Å². The van der Waals surface area contributed by atoms with Gasteiger partial charge < -0.3 is 9.13 Å². The normalized spacial score (nSPS) is 12.1. The standard InChI is InChI=1S/C72H38N4S2/c1-74-66-64(45-32-30-43-28-26-41-14-2-4-16-47(41)57(43)38-45)67(75-60-22-10-6-18-49(60)53-34-36-55-51-20-8-12-24-62(51)77-71(55)69(53)75)59(40-73)68(65(66)46-33-31-44-29-27-42-15-3-5-17-48(42)58(44)39-46)76-61-23-11-7-19-50(61)54-35-37-56-52-21-9-13-25-63(52)78-72(56)70(54)76/h2-39H. The number of fused-ring (bicyclic) bond motifs is 20. The molecule has 4 nitrogen and oxygen atoms in total. The minimum atomic E-state index is 0.474. The summed E-state index contributed by atoms with van der Waals surface area (Å²) in [5, 5.41) is 30.7. The smallest absolute Gasteiger partial charge is 0.206 e. The number of nitrogens with zero attached hydrogens (tertiary/aromatic N) is 4. The zero-order valence-electron chi connectivity index (χ0n) is 41.5. The maximum Gasteiger partial charge on any atom is 0.206 e. The molecule has 4 heterocycles. The van der Waals surface area contributed by atoms with Crippen LogP contribution in [-0.2, 0) is 0 Å². The van der Waals surface area contributed by atoms with Gasteiger partial charge in [0, 0.05) is 63.6 Å². The molecule has 0 N–H and O–H groups in total. The van der Waals surface area contributed by atoms with Gasteiger partial charge in [-0.25, -0.2) is 4.85 Å². The van der Waals surface area contributed by atoms with Gasteiger partial charge in [-0.15, -0.1) is 22.7 Å². The third-order valence-corrected chi connectivity index (χ3v) is 18.9. The molecule has 0 atom stereocenters. The monoisotopic (exact) mass is 1020 g/mol. The van der Waals surface area contributed by atoms with Gasteiger partial charge in [0.2, 0.25) is 5.69 Å². The van der Waals surface area contributed by atoms with E-state index in [-0.39, 0.29) is 0 Å². The summed E-state index contributed by atoms with van der Waals surface area (Å²) in [6.07, 6.45) is 0. The maximum atomic E-state index is 12.8. The van der Waals surface area contributed by atoms with Crippen LogP contribution in [0.2, 0.25) is 0 Å². The van der Waals surface area contributed by atoms with Crippen LogP contribution < -0.4 is 0 Å². The molecule has 0 radical (unpaired) electrons. The molecule has 0 spiro atoms. The third kappa shape index (κ3) is 5.85. The van der Waals surface area contributed by atoms with E-state index in [9.17, 15) is 11.8 Å². The zero-order chi connectivity index (χ0) is 51.3. The van der Waals surface area contributed by atoms with Gasteiger partial charge in [-0.1, -0.05) is 194 Å². The molecule has 4 aromatic heterocycles. The molecule has 0 unspecified atom stereocenters. The Kier molecular flexibility index (Phi) is 8.98. The van der Waals surface area contributed by atoms with Gasteiger partial charge in [0.1, 0.15) is 6.07 Å². The molecular formula is C72H38N4S2. The lowest BCUT2D eigenvalue weighted by Gasteiger charge is -2.26. The molecule has 358 valence electrons. The summed E-state index contributed by atoms with van der Waals surface area (Å²) in [4.78, 5) is 4.86. The fourth-order valence-corrected chi connectivity index (χ4v) is 15.6. The largest absolute Gasteiger partial charge is 0.307 e. The van der Waals surface area contributed by atoms with Crippen molar-refractivity contribution >= 4 is 155 Å². The molecular weight excluding hydrogens is 985 g/mol. The van der Waals surface area contributed by atoms with Crippen LogP contribution in [0, 0.1) is 17.9 Å². The van der Waals surface area contributed by atoms with E-state index in [1.54, 1.807) is 22.7 Å². The van der Waals surface area contributed by atoms with Crippen molar-refractivity contribution in [2.24, 2.45) is 0 Å². The first-order valence-electron chi connectivity index (χ1n) is 26.2. The van der Waals surface area contributed by atoms with Crippen LogP contribution in [0.1, 0.15) is 5.56 Å². The number of hydrogen-bond acceptors (Lipinski definition) is 3. The Balaban J connectivity index is 1.16. The molecule has 0 aliphatic heterocycles. The predicted octanol–water partition coefficient (Wildman–Crippen LogP) is 21.0. The fourth-order valence-electron chi connectivity index (χ4n) is 13.2. The van der Waals surface area contributed by atoms with E-state index in [4.69, 9.17) is 4.85 Å². The lowest BCUT2D eigenvalue weighted by molar-refractivity contribution is 1.13. The fraction of sp³-hybridized carbons (Fsp3) is 0. The molecule has 0 fully saturated rings. The minimum Gasteiger partial charge on any atom is -0.307 e. The van der Waals surface area contributed by atoms with E-state index in [0.29, 0.717) is 33.8 Å². The van der Waals surface area contributed by atoms with Crippen LogP contribution >= 0.6 is 22.7 Å². The Morgan fingerprint density at radius 1 is 0.359 bits per heavy atom. The molecule has 0 amide bonds. The average molecular weight is 1020 g/mol. The highest BCUT2D eigenvalue weighted by Gasteiger charge is 2.33. The molecule has 17 rings (SSSR count). The summed E-state index contributed by atoms with van der Waals surface area (Å²) in [6.45, 7) is 9.87. The predicted molar refractivity (Wildman–Crippen MR) is 333 cm³/mol. The van der Waals surface area contributed by atoms with E-state index < -0.39 is 0 Å². The van der Waals surface area contributed by atoms with E-state index in [1.807, 2.05) is 0 Å². The van der Waals surface area contributed by atoms with Crippen LogP contribution in [0.5, 0.6) is 0 Å². The van der Waals surface area contributed by atoms with Crippen LogP contribution in [0.4, 0.5) is 5.69 Å². The number of nitriles is 1. The van der Waals surface area contributed by atoms with E-state index in [2.05, 4.69) is 246 Å². The number of thiophene rings is 2. The third-order valence-electron chi connectivity index (χ3n) is 16.5. The first-order valence-corrected chi connectivity index (χ1v) is 27.8. The highest BCUT2D eigenvalue weighted by molar-refractivity contribution is 7.27. The number of para-hydroxylation sites is 2. The second kappa shape index (κ2) is 16.2. The number of benzene rings is 13. The van der Waals surface area contributed by atoms with Crippen molar-refractivity contribution in [3.05, 3.63) is 248 Å². The SMILES string of the molecule is [C-]#[N+]c1c(-c2ccc3ccc4ccccc4c3c2)c(-n2c3ccccc3c3ccc4c5ccccc5sc4c32)c(C#N)c(-n2c3ccccc3c3ccc4c5ccccc5sc4c32)c1-c1ccc2ccc3ccccc3c2c1. The summed E-state index contributed by atoms with van der Waals surface area (Å²) < 4.78 is 9.37. The molecule has 0 saturated heterocycles.